The number of aromatic nitrogens is 1. The van der Waals surface area contributed by atoms with Crippen LogP contribution in [-0.2, 0) is 0 Å². The summed E-state index contributed by atoms with van der Waals surface area (Å²) in [5.74, 6) is -2.81. The van der Waals surface area contributed by atoms with Gasteiger partial charge in [0.25, 0.3) is 0 Å². The van der Waals surface area contributed by atoms with E-state index in [2.05, 4.69) is 4.98 Å². The average Bonchev–Trinajstić information content (AvgIpc) is 2.41. The van der Waals surface area contributed by atoms with Crippen LogP contribution in [0.25, 0.3) is 0 Å². The van der Waals surface area contributed by atoms with E-state index in [0.717, 1.165) is 6.07 Å². The van der Waals surface area contributed by atoms with Crippen molar-refractivity contribution < 1.29 is 25.3 Å². The second-order valence-electron chi connectivity index (χ2n) is 3.18. The van der Waals surface area contributed by atoms with E-state index in [0.29, 0.717) is 0 Å². The molecule has 7 heteroatoms. The van der Waals surface area contributed by atoms with Crippen LogP contribution in [0.5, 0.6) is 0 Å². The van der Waals surface area contributed by atoms with Crippen LogP contribution in [0, 0.1) is 0 Å². The van der Waals surface area contributed by atoms with E-state index in [1.165, 1.54) is 18.2 Å². The van der Waals surface area contributed by atoms with Crippen molar-refractivity contribution in [2.75, 3.05) is 0 Å². The van der Waals surface area contributed by atoms with Crippen molar-refractivity contribution in [2.45, 2.75) is 0 Å². The van der Waals surface area contributed by atoms with Gasteiger partial charge < -0.3 is 25.3 Å². The Morgan fingerprint density at radius 1 is 0.850 bits per heavy atom. The van der Waals surface area contributed by atoms with Crippen molar-refractivity contribution in [1.82, 2.24) is 4.98 Å². The number of rotatable bonds is 2. The number of hydrogen-bond acceptors (Lipinski definition) is 5. The maximum atomic E-state index is 10.3. The molecule has 0 unspecified atom stereocenters. The summed E-state index contributed by atoms with van der Waals surface area (Å²) in [6, 6.07) is 10.5. The van der Waals surface area contributed by atoms with E-state index in [1.807, 2.05) is 18.2 Å². The number of hydrogen-bond donors (Lipinski definition) is 0. The summed E-state index contributed by atoms with van der Waals surface area (Å²) in [6.07, 6.45) is 3.50. The fraction of sp³-hybridized carbons (Fsp3) is 0. The molecule has 1 aromatic heterocycles. The van der Waals surface area contributed by atoms with Gasteiger partial charge in [0.2, 0.25) is 0 Å². The van der Waals surface area contributed by atoms with Crippen LogP contribution in [-0.4, -0.2) is 60.1 Å². The Balaban J connectivity index is 0. The van der Waals surface area contributed by atoms with E-state index >= 15 is 0 Å². The molecule has 0 aliphatic carbocycles. The molecule has 0 saturated carbocycles. The molecule has 0 radical (unpaired) electrons. The van der Waals surface area contributed by atoms with Crippen molar-refractivity contribution in [2.24, 2.45) is 0 Å². The molecular weight excluding hydrogens is 290 g/mol. The van der Waals surface area contributed by atoms with Gasteiger partial charge in [0.15, 0.2) is 0 Å². The predicted molar refractivity (Wildman–Crippen MR) is 68.7 cm³/mol. The normalized spacial score (nSPS) is 8.00. The van der Waals surface area contributed by atoms with Crippen LogP contribution in [0.4, 0.5) is 0 Å². The Kier molecular flexibility index (Phi) is 11.8. The van der Waals surface area contributed by atoms with Crippen LogP contribution in [0.2, 0.25) is 0 Å². The molecule has 0 fully saturated rings. The molecule has 20 heavy (non-hydrogen) atoms. The number of nitrogens with zero attached hydrogens (tertiary/aromatic N) is 1. The van der Waals surface area contributed by atoms with Crippen molar-refractivity contribution in [1.29, 1.82) is 0 Å². The summed E-state index contributed by atoms with van der Waals surface area (Å²) in [7, 11) is 0. The van der Waals surface area contributed by atoms with Crippen LogP contribution >= 0.6 is 0 Å². The number of benzene rings is 1. The smallest absolute Gasteiger partial charge is 0.545 e. The minimum Gasteiger partial charge on any atom is -0.545 e. The first-order valence-electron chi connectivity index (χ1n) is 4.99. The summed E-state index contributed by atoms with van der Waals surface area (Å²) in [6.45, 7) is 0. The van der Waals surface area contributed by atoms with Gasteiger partial charge in [-0.2, -0.15) is 0 Å². The molecule has 2 rings (SSSR count). The average molecular weight is 301 g/mol. The maximum absolute atomic E-state index is 10.3. The van der Waals surface area contributed by atoms with Crippen LogP contribution < -0.4 is 10.2 Å². The van der Waals surface area contributed by atoms with Gasteiger partial charge in [0, 0.05) is 12.4 Å². The molecule has 2 aromatic rings. The van der Waals surface area contributed by atoms with Crippen molar-refractivity contribution in [3.8, 4) is 0 Å². The number of carboxylic acid groups (broad SMARTS) is 2. The Morgan fingerprint density at radius 3 is 1.55 bits per heavy atom. The Hall–Kier alpha value is -1.47. The molecule has 1 aromatic carbocycles. The van der Waals surface area contributed by atoms with E-state index in [-0.39, 0.29) is 54.3 Å². The Labute approximate surface area is 145 Å². The second-order valence-corrected chi connectivity index (χ2v) is 3.18. The van der Waals surface area contributed by atoms with Gasteiger partial charge in [0.1, 0.15) is 0 Å². The second kappa shape index (κ2) is 11.4. The maximum Gasteiger partial charge on any atom is 2.00 e. The molecule has 0 saturated heterocycles. The number of carbonyl (C=O) groups excluding carboxylic acids is 2. The third-order valence-electron chi connectivity index (χ3n) is 1.90. The monoisotopic (exact) mass is 301 g/mol. The molecule has 2 N–H and O–H groups in total. The molecule has 1 heterocycles. The third-order valence-corrected chi connectivity index (χ3v) is 1.90. The zero-order chi connectivity index (χ0) is 13.4. The molecule has 100 valence electrons. The summed E-state index contributed by atoms with van der Waals surface area (Å²) < 4.78 is 0. The molecule has 0 aliphatic rings. The van der Waals surface area contributed by atoms with E-state index in [1.54, 1.807) is 12.4 Å². The van der Waals surface area contributed by atoms with Gasteiger partial charge in [-0.1, -0.05) is 24.3 Å². The van der Waals surface area contributed by atoms with Crippen molar-refractivity contribution >= 4 is 49.7 Å². The minimum atomic E-state index is -1.40. The standard InChI is InChI=1S/C8H6O4.C5H5N.Ca.H2O/c9-7(10)5-2-1-3-6(4-5)8(11)12;1-2-4-6-5-3-1;;/h1-4H,(H,9,10)(H,11,12);1-5H;;1H2/q;;+2;/p-2. The van der Waals surface area contributed by atoms with Crippen molar-refractivity contribution in [3.63, 3.8) is 0 Å². The molecular formula is C13H11CaNO5. The van der Waals surface area contributed by atoms with Gasteiger partial charge in [-0.15, -0.1) is 0 Å². The first-order valence-corrected chi connectivity index (χ1v) is 4.99. The fourth-order valence-corrected chi connectivity index (χ4v) is 1.09. The van der Waals surface area contributed by atoms with Gasteiger partial charge in [0.05, 0.1) is 11.9 Å². The number of aromatic carboxylic acids is 2. The van der Waals surface area contributed by atoms with Gasteiger partial charge in [-0.3, -0.25) is 4.98 Å². The van der Waals surface area contributed by atoms with Gasteiger partial charge in [-0.05, 0) is 29.3 Å². The summed E-state index contributed by atoms with van der Waals surface area (Å²) in [5.41, 5.74) is -0.339. The summed E-state index contributed by atoms with van der Waals surface area (Å²) in [4.78, 5) is 24.3. The zero-order valence-corrected chi connectivity index (χ0v) is 12.7. The van der Waals surface area contributed by atoms with Crippen LogP contribution in [0.1, 0.15) is 20.7 Å². The summed E-state index contributed by atoms with van der Waals surface area (Å²) in [5, 5.41) is 20.5. The molecule has 0 atom stereocenters. The number of carbonyl (C=O) groups is 2. The summed E-state index contributed by atoms with van der Waals surface area (Å²) >= 11 is 0. The quantitative estimate of drug-likeness (QED) is 0.611. The van der Waals surface area contributed by atoms with Crippen LogP contribution in [0.3, 0.4) is 0 Å². The van der Waals surface area contributed by atoms with E-state index in [9.17, 15) is 19.8 Å². The Morgan fingerprint density at radius 2 is 1.30 bits per heavy atom. The third kappa shape index (κ3) is 7.85. The SMILES string of the molecule is O.O=C([O-])c1cccc(C(=O)[O-])c1.[Ca+2].c1ccncc1. The first-order chi connectivity index (χ1) is 8.61. The molecule has 0 spiro atoms. The van der Waals surface area contributed by atoms with Gasteiger partial charge >= 0.3 is 37.7 Å². The molecule has 6 nitrogen and oxygen atoms in total. The van der Waals surface area contributed by atoms with Crippen molar-refractivity contribution in [3.05, 3.63) is 66.0 Å². The molecule has 0 amide bonds. The molecule has 0 bridgehead atoms. The number of carboxylic acids is 2. The molecule has 0 aliphatic heterocycles. The Bertz CT molecular complexity index is 477. The minimum absolute atomic E-state index is 0. The first kappa shape index (κ1) is 20.8. The van der Waals surface area contributed by atoms with Gasteiger partial charge in [-0.25, -0.2) is 0 Å². The van der Waals surface area contributed by atoms with E-state index in [4.69, 9.17) is 0 Å². The van der Waals surface area contributed by atoms with E-state index < -0.39 is 11.9 Å². The topological polar surface area (TPSA) is 125 Å². The largest absolute Gasteiger partial charge is 2.00 e. The fourth-order valence-electron chi connectivity index (χ4n) is 1.09. The zero-order valence-electron chi connectivity index (χ0n) is 10.5. The predicted octanol–water partition coefficient (Wildman–Crippen LogP) is -1.71. The number of pyridine rings is 1. The van der Waals surface area contributed by atoms with Crippen LogP contribution in [0.15, 0.2) is 54.9 Å².